The van der Waals surface area contributed by atoms with Gasteiger partial charge in [-0.3, -0.25) is 4.18 Å². The van der Waals surface area contributed by atoms with Crippen molar-refractivity contribution in [1.29, 1.82) is 0 Å². The number of alkyl halides is 2. The topological polar surface area (TPSA) is 43.4 Å². The van der Waals surface area contributed by atoms with Gasteiger partial charge in [-0.1, -0.05) is 0 Å². The van der Waals surface area contributed by atoms with E-state index in [4.69, 9.17) is 23.2 Å². The van der Waals surface area contributed by atoms with Crippen molar-refractivity contribution in [2.75, 3.05) is 12.5 Å². The minimum absolute atomic E-state index is 0.119. The molecular weight excluding hydrogens is 222 g/mol. The van der Waals surface area contributed by atoms with Crippen molar-refractivity contribution in [3.63, 3.8) is 0 Å². The molecule has 3 nitrogen and oxygen atoms in total. The monoisotopic (exact) mass is 226 g/mol. The van der Waals surface area contributed by atoms with Crippen LogP contribution in [-0.4, -0.2) is 26.3 Å². The first-order chi connectivity index (χ1) is 4.45. The van der Waals surface area contributed by atoms with Crippen LogP contribution in [0.2, 0.25) is 0 Å². The van der Waals surface area contributed by atoms with Gasteiger partial charge in [-0.25, -0.2) is 0 Å². The van der Waals surface area contributed by atoms with E-state index in [1.807, 2.05) is 0 Å². The first-order valence-corrected chi connectivity index (χ1v) is 5.45. The standard InChI is InChI=1S/C3H5Cl3O3S/c4-1-3(5)2-9-10(6,7)8/h3H,1-2H2. The molecule has 0 saturated heterocycles. The Bertz CT molecular complexity index is 177. The van der Waals surface area contributed by atoms with Gasteiger partial charge in [0.2, 0.25) is 0 Å². The summed E-state index contributed by atoms with van der Waals surface area (Å²) < 4.78 is 24.3. The Balaban J connectivity index is 3.56. The molecule has 0 spiro atoms. The average molecular weight is 227 g/mol. The maximum Gasteiger partial charge on any atom is 0.355 e. The summed E-state index contributed by atoms with van der Waals surface area (Å²) in [7, 11) is 0.782. The number of hydrogen-bond acceptors (Lipinski definition) is 3. The third-order valence-electron chi connectivity index (χ3n) is 0.557. The maximum absolute atomic E-state index is 10.1. The number of halogens is 3. The van der Waals surface area contributed by atoms with Crippen LogP contribution in [-0.2, 0) is 13.5 Å². The van der Waals surface area contributed by atoms with Crippen molar-refractivity contribution < 1.29 is 12.6 Å². The number of hydrogen-bond donors (Lipinski definition) is 0. The molecule has 10 heavy (non-hydrogen) atoms. The molecular formula is C3H5Cl3O3S. The van der Waals surface area contributed by atoms with Gasteiger partial charge in [0, 0.05) is 16.6 Å². The van der Waals surface area contributed by atoms with Crippen LogP contribution in [0.5, 0.6) is 0 Å². The molecule has 7 heteroatoms. The molecule has 0 rings (SSSR count). The van der Waals surface area contributed by atoms with E-state index < -0.39 is 14.7 Å². The zero-order chi connectivity index (χ0) is 8.20. The Kier molecular flexibility index (Phi) is 4.98. The van der Waals surface area contributed by atoms with Gasteiger partial charge in [-0.15, -0.1) is 23.2 Å². The summed E-state index contributed by atoms with van der Waals surface area (Å²) in [5.74, 6) is 0.119. The first-order valence-electron chi connectivity index (χ1n) is 2.24. The third-order valence-corrected chi connectivity index (χ3v) is 2.05. The van der Waals surface area contributed by atoms with Crippen LogP contribution in [0.15, 0.2) is 0 Å². The largest absolute Gasteiger partial charge is 0.355 e. The second-order valence-corrected chi connectivity index (χ2v) is 4.51. The van der Waals surface area contributed by atoms with E-state index in [1.54, 1.807) is 0 Å². The minimum atomic E-state index is -3.90. The zero-order valence-corrected chi connectivity index (χ0v) is 7.84. The molecule has 0 fully saturated rings. The lowest BCUT2D eigenvalue weighted by Gasteiger charge is -2.01. The molecule has 0 bridgehead atoms. The fraction of sp³-hybridized carbons (Fsp3) is 1.00. The van der Waals surface area contributed by atoms with Gasteiger partial charge in [0.05, 0.1) is 12.0 Å². The van der Waals surface area contributed by atoms with Crippen LogP contribution >= 0.6 is 33.9 Å². The maximum atomic E-state index is 10.1. The summed E-state index contributed by atoms with van der Waals surface area (Å²) in [6, 6.07) is 0. The Morgan fingerprint density at radius 2 is 2.00 bits per heavy atom. The van der Waals surface area contributed by atoms with E-state index in [-0.39, 0.29) is 12.5 Å². The van der Waals surface area contributed by atoms with Gasteiger partial charge < -0.3 is 0 Å². The van der Waals surface area contributed by atoms with Crippen molar-refractivity contribution in [3.8, 4) is 0 Å². The molecule has 62 valence electrons. The van der Waals surface area contributed by atoms with Crippen LogP contribution in [0, 0.1) is 0 Å². The molecule has 0 aliphatic carbocycles. The van der Waals surface area contributed by atoms with E-state index in [9.17, 15) is 8.42 Å². The van der Waals surface area contributed by atoms with Crippen molar-refractivity contribution in [3.05, 3.63) is 0 Å². The van der Waals surface area contributed by atoms with Crippen LogP contribution in [0.3, 0.4) is 0 Å². The van der Waals surface area contributed by atoms with Gasteiger partial charge in [-0.2, -0.15) is 8.42 Å². The second kappa shape index (κ2) is 4.62. The molecule has 0 N–H and O–H groups in total. The van der Waals surface area contributed by atoms with Crippen molar-refractivity contribution >= 4 is 43.2 Å². The van der Waals surface area contributed by atoms with Gasteiger partial charge in [-0.05, 0) is 0 Å². The van der Waals surface area contributed by atoms with Crippen LogP contribution in [0.25, 0.3) is 0 Å². The molecule has 1 unspecified atom stereocenters. The smallest absolute Gasteiger partial charge is 0.256 e. The van der Waals surface area contributed by atoms with Crippen LogP contribution < -0.4 is 0 Å². The highest BCUT2D eigenvalue weighted by molar-refractivity contribution is 8.09. The lowest BCUT2D eigenvalue weighted by Crippen LogP contribution is -2.12. The molecule has 0 aromatic rings. The summed E-state index contributed by atoms with van der Waals surface area (Å²) in [4.78, 5) is 0. The lowest BCUT2D eigenvalue weighted by atomic mass is 10.5. The Hall–Kier alpha value is 0.780. The Labute approximate surface area is 73.8 Å². The molecule has 1 atom stereocenters. The molecule has 0 aliphatic rings. The normalized spacial score (nSPS) is 15.1. The molecule has 0 heterocycles. The molecule has 0 aromatic heterocycles. The van der Waals surface area contributed by atoms with E-state index >= 15 is 0 Å². The summed E-state index contributed by atoms with van der Waals surface area (Å²) >= 11 is 10.6. The quantitative estimate of drug-likeness (QED) is 0.538. The van der Waals surface area contributed by atoms with E-state index in [0.29, 0.717) is 0 Å². The van der Waals surface area contributed by atoms with Crippen molar-refractivity contribution in [2.24, 2.45) is 0 Å². The fourth-order valence-electron chi connectivity index (χ4n) is 0.200. The predicted molar refractivity (Wildman–Crippen MR) is 41.1 cm³/mol. The fourth-order valence-corrected chi connectivity index (χ4v) is 0.908. The highest BCUT2D eigenvalue weighted by Crippen LogP contribution is 2.04. The SMILES string of the molecule is O=S(=O)(Cl)OCC(Cl)CCl. The molecule has 0 aromatic carbocycles. The van der Waals surface area contributed by atoms with Gasteiger partial charge in [0.25, 0.3) is 0 Å². The minimum Gasteiger partial charge on any atom is -0.256 e. The first kappa shape index (κ1) is 10.8. The second-order valence-electron chi connectivity index (χ2n) is 1.43. The van der Waals surface area contributed by atoms with Gasteiger partial charge >= 0.3 is 9.33 Å². The Morgan fingerprint density at radius 3 is 2.30 bits per heavy atom. The average Bonchev–Trinajstić information content (AvgIpc) is 1.81. The van der Waals surface area contributed by atoms with Gasteiger partial charge in [0.1, 0.15) is 0 Å². The predicted octanol–water partition coefficient (Wildman–Crippen LogP) is 1.33. The van der Waals surface area contributed by atoms with Crippen LogP contribution in [0.4, 0.5) is 0 Å². The summed E-state index contributed by atoms with van der Waals surface area (Å²) in [6.45, 7) is -0.198. The van der Waals surface area contributed by atoms with E-state index in [2.05, 4.69) is 14.9 Å². The number of rotatable bonds is 4. The van der Waals surface area contributed by atoms with Crippen molar-refractivity contribution in [1.82, 2.24) is 0 Å². The highest BCUT2D eigenvalue weighted by Gasteiger charge is 2.09. The molecule has 0 radical (unpaired) electrons. The molecule has 0 saturated carbocycles. The van der Waals surface area contributed by atoms with Gasteiger partial charge in [0.15, 0.2) is 0 Å². The highest BCUT2D eigenvalue weighted by atomic mass is 35.7. The summed E-state index contributed by atoms with van der Waals surface area (Å²) in [5, 5.41) is -0.532. The third kappa shape index (κ3) is 6.89. The van der Waals surface area contributed by atoms with E-state index in [0.717, 1.165) is 0 Å². The Morgan fingerprint density at radius 1 is 1.50 bits per heavy atom. The summed E-state index contributed by atoms with van der Waals surface area (Å²) in [6.07, 6.45) is 0. The zero-order valence-electron chi connectivity index (χ0n) is 4.76. The molecule has 0 amide bonds. The van der Waals surface area contributed by atoms with Crippen LogP contribution in [0.1, 0.15) is 0 Å². The molecule has 0 aliphatic heterocycles. The lowest BCUT2D eigenvalue weighted by molar-refractivity contribution is 0.331. The van der Waals surface area contributed by atoms with Crippen molar-refractivity contribution in [2.45, 2.75) is 5.38 Å². The summed E-state index contributed by atoms with van der Waals surface area (Å²) in [5.41, 5.74) is 0. The van der Waals surface area contributed by atoms with E-state index in [1.165, 1.54) is 0 Å².